The number of carbonyl (C=O) groups excluding carboxylic acids is 1. The summed E-state index contributed by atoms with van der Waals surface area (Å²) in [5.74, 6) is -0.569. The summed E-state index contributed by atoms with van der Waals surface area (Å²) >= 11 is 0. The molecule has 3 aromatic carbocycles. The summed E-state index contributed by atoms with van der Waals surface area (Å²) in [7, 11) is 0. The number of rotatable bonds is 5. The van der Waals surface area contributed by atoms with Gasteiger partial charge in [-0.05, 0) is 36.4 Å². The van der Waals surface area contributed by atoms with Gasteiger partial charge < -0.3 is 10.1 Å². The van der Waals surface area contributed by atoms with Crippen molar-refractivity contribution in [3.8, 4) is 0 Å². The molecule has 4 rings (SSSR count). The minimum absolute atomic E-state index is 0.324. The van der Waals surface area contributed by atoms with Gasteiger partial charge in [0.1, 0.15) is 5.52 Å². The Labute approximate surface area is 160 Å². The van der Waals surface area contributed by atoms with E-state index in [2.05, 4.69) is 15.6 Å². The zero-order valence-corrected chi connectivity index (χ0v) is 14.8. The van der Waals surface area contributed by atoms with E-state index in [9.17, 15) is 9.59 Å². The molecule has 7 heteroatoms. The third-order valence-electron chi connectivity index (χ3n) is 4.15. The third kappa shape index (κ3) is 3.59. The van der Waals surface area contributed by atoms with E-state index in [1.54, 1.807) is 42.5 Å². The number of para-hydroxylation sites is 2. The highest BCUT2D eigenvalue weighted by Gasteiger charge is 2.14. The molecule has 0 saturated heterocycles. The molecule has 0 amide bonds. The first-order valence-electron chi connectivity index (χ1n) is 8.63. The van der Waals surface area contributed by atoms with Crippen molar-refractivity contribution < 1.29 is 9.53 Å². The number of benzene rings is 3. The number of nitrogens with zero attached hydrogens (tertiary/aromatic N) is 3. The zero-order valence-electron chi connectivity index (χ0n) is 14.8. The van der Waals surface area contributed by atoms with Gasteiger partial charge in [-0.25, -0.2) is 4.79 Å². The van der Waals surface area contributed by atoms with E-state index in [1.165, 1.54) is 0 Å². The molecular formula is C21H16N4O3. The van der Waals surface area contributed by atoms with Crippen molar-refractivity contribution in [2.75, 3.05) is 5.32 Å². The van der Waals surface area contributed by atoms with Crippen LogP contribution in [-0.2, 0) is 11.5 Å². The van der Waals surface area contributed by atoms with E-state index >= 15 is 0 Å². The smallest absolute Gasteiger partial charge is 0.342 e. The van der Waals surface area contributed by atoms with Crippen LogP contribution in [0.25, 0.3) is 10.9 Å². The molecule has 4 aromatic rings. The van der Waals surface area contributed by atoms with Crippen LogP contribution in [0.3, 0.4) is 0 Å². The number of anilines is 2. The van der Waals surface area contributed by atoms with E-state index in [1.807, 2.05) is 36.4 Å². The van der Waals surface area contributed by atoms with Gasteiger partial charge in [0.2, 0.25) is 0 Å². The number of hydrogen-bond donors (Lipinski definition) is 1. The van der Waals surface area contributed by atoms with Gasteiger partial charge in [0.25, 0.3) is 5.56 Å². The predicted molar refractivity (Wildman–Crippen MR) is 105 cm³/mol. The fraction of sp³-hybridized carbons (Fsp3) is 0.0476. The maximum atomic E-state index is 12.6. The number of nitrogens with one attached hydrogen (secondary N) is 1. The Morgan fingerprint density at radius 3 is 2.50 bits per heavy atom. The highest BCUT2D eigenvalue weighted by molar-refractivity contribution is 5.96. The molecule has 0 aliphatic rings. The summed E-state index contributed by atoms with van der Waals surface area (Å²) in [5, 5.41) is 11.4. The van der Waals surface area contributed by atoms with Gasteiger partial charge in [0.05, 0.1) is 16.6 Å². The highest BCUT2D eigenvalue weighted by Crippen LogP contribution is 2.21. The first-order chi connectivity index (χ1) is 13.7. The van der Waals surface area contributed by atoms with Crippen LogP contribution in [0.4, 0.5) is 11.4 Å². The number of hydrogen-bond acceptors (Lipinski definition) is 6. The van der Waals surface area contributed by atoms with Crippen molar-refractivity contribution in [3.63, 3.8) is 0 Å². The van der Waals surface area contributed by atoms with Crippen molar-refractivity contribution in [2.24, 2.45) is 0 Å². The maximum absolute atomic E-state index is 12.6. The molecular weight excluding hydrogens is 356 g/mol. The molecule has 0 fully saturated rings. The van der Waals surface area contributed by atoms with Gasteiger partial charge in [0, 0.05) is 5.69 Å². The Balaban J connectivity index is 1.53. The molecule has 138 valence electrons. The fourth-order valence-corrected chi connectivity index (χ4v) is 2.75. The molecule has 1 N–H and O–H groups in total. The summed E-state index contributed by atoms with van der Waals surface area (Å²) < 4.78 is 6.33. The van der Waals surface area contributed by atoms with Crippen LogP contribution in [0.2, 0.25) is 0 Å². The molecule has 0 saturated carbocycles. The van der Waals surface area contributed by atoms with E-state index in [4.69, 9.17) is 4.74 Å². The third-order valence-corrected chi connectivity index (χ3v) is 4.15. The van der Waals surface area contributed by atoms with Gasteiger partial charge in [-0.2, -0.15) is 4.68 Å². The average Bonchev–Trinajstić information content (AvgIpc) is 2.74. The predicted octanol–water partition coefficient (Wildman–Crippen LogP) is 3.35. The SMILES string of the molecule is O=C(OCn1nnc2ccccc2c1=O)c1ccccc1Nc1ccccc1. The van der Waals surface area contributed by atoms with Gasteiger partial charge >= 0.3 is 5.97 Å². The molecule has 28 heavy (non-hydrogen) atoms. The van der Waals surface area contributed by atoms with Gasteiger partial charge in [-0.15, -0.1) is 5.10 Å². The second kappa shape index (κ2) is 7.71. The van der Waals surface area contributed by atoms with Gasteiger partial charge in [-0.3, -0.25) is 4.79 Å². The average molecular weight is 372 g/mol. The number of ether oxygens (including phenoxy) is 1. The molecule has 0 aliphatic carbocycles. The number of esters is 1. The molecule has 1 heterocycles. The number of fused-ring (bicyclic) bond motifs is 1. The molecule has 1 aromatic heterocycles. The largest absolute Gasteiger partial charge is 0.438 e. The summed E-state index contributed by atoms with van der Waals surface area (Å²) in [5.41, 5.74) is 1.93. The van der Waals surface area contributed by atoms with Crippen LogP contribution in [0.5, 0.6) is 0 Å². The fourth-order valence-electron chi connectivity index (χ4n) is 2.75. The number of aromatic nitrogens is 3. The summed E-state index contributed by atoms with van der Waals surface area (Å²) in [6.45, 7) is -0.324. The monoisotopic (exact) mass is 372 g/mol. The normalized spacial score (nSPS) is 10.6. The lowest BCUT2D eigenvalue weighted by atomic mass is 10.1. The Kier molecular flexibility index (Phi) is 4.79. The minimum Gasteiger partial charge on any atom is -0.438 e. The quantitative estimate of drug-likeness (QED) is 0.541. The molecule has 0 bridgehead atoms. The number of carbonyl (C=O) groups is 1. The molecule has 0 radical (unpaired) electrons. The van der Waals surface area contributed by atoms with Crippen molar-refractivity contribution in [2.45, 2.75) is 6.73 Å². The second-order valence-corrected chi connectivity index (χ2v) is 6.01. The molecule has 0 atom stereocenters. The first kappa shape index (κ1) is 17.4. The lowest BCUT2D eigenvalue weighted by Crippen LogP contribution is -2.26. The summed E-state index contributed by atoms with van der Waals surface area (Å²) in [6, 6.07) is 23.4. The van der Waals surface area contributed by atoms with Crippen molar-refractivity contribution >= 4 is 28.2 Å². The zero-order chi connectivity index (χ0) is 19.3. The maximum Gasteiger partial charge on any atom is 0.342 e. The van der Waals surface area contributed by atoms with E-state index in [0.29, 0.717) is 22.2 Å². The Bertz CT molecular complexity index is 1190. The van der Waals surface area contributed by atoms with Crippen LogP contribution < -0.4 is 10.9 Å². The summed E-state index contributed by atoms with van der Waals surface area (Å²) in [4.78, 5) is 25.0. The summed E-state index contributed by atoms with van der Waals surface area (Å²) in [6.07, 6.45) is 0. The molecule has 0 aliphatic heterocycles. The Hall–Kier alpha value is -4.00. The van der Waals surface area contributed by atoms with E-state index < -0.39 is 5.97 Å². The Morgan fingerprint density at radius 1 is 0.929 bits per heavy atom. The first-order valence-corrected chi connectivity index (χ1v) is 8.63. The van der Waals surface area contributed by atoms with Crippen molar-refractivity contribution in [3.05, 3.63) is 94.8 Å². The minimum atomic E-state index is -0.569. The van der Waals surface area contributed by atoms with E-state index in [0.717, 1.165) is 10.4 Å². The lowest BCUT2D eigenvalue weighted by Gasteiger charge is -2.12. The highest BCUT2D eigenvalue weighted by atomic mass is 16.5. The van der Waals surface area contributed by atoms with Crippen molar-refractivity contribution in [1.82, 2.24) is 15.0 Å². The van der Waals surface area contributed by atoms with Crippen LogP contribution in [-0.4, -0.2) is 21.0 Å². The van der Waals surface area contributed by atoms with Crippen LogP contribution >= 0.6 is 0 Å². The topological polar surface area (TPSA) is 86.1 Å². The van der Waals surface area contributed by atoms with Crippen LogP contribution in [0.1, 0.15) is 10.4 Å². The second-order valence-electron chi connectivity index (χ2n) is 6.01. The standard InChI is InChI=1S/C21H16N4O3/c26-20-16-10-4-7-13-19(16)23-24-25(20)14-28-21(27)17-11-5-6-12-18(17)22-15-8-2-1-3-9-15/h1-13,22H,14H2. The lowest BCUT2D eigenvalue weighted by molar-refractivity contribution is 0.0337. The van der Waals surface area contributed by atoms with Crippen molar-refractivity contribution in [1.29, 1.82) is 0 Å². The van der Waals surface area contributed by atoms with Gasteiger partial charge in [-0.1, -0.05) is 47.7 Å². The molecule has 0 unspecified atom stereocenters. The van der Waals surface area contributed by atoms with Crippen LogP contribution in [0.15, 0.2) is 83.7 Å². The van der Waals surface area contributed by atoms with Gasteiger partial charge in [0.15, 0.2) is 6.73 Å². The molecule has 0 spiro atoms. The van der Waals surface area contributed by atoms with Crippen LogP contribution in [0, 0.1) is 0 Å². The Morgan fingerprint density at radius 2 is 1.64 bits per heavy atom. The van der Waals surface area contributed by atoms with E-state index in [-0.39, 0.29) is 12.3 Å². The molecule has 7 nitrogen and oxygen atoms in total.